The van der Waals surface area contributed by atoms with Gasteiger partial charge in [0, 0.05) is 14.1 Å². The first-order chi connectivity index (χ1) is 6.22. The molecule has 0 aliphatic carbocycles. The van der Waals surface area contributed by atoms with E-state index in [4.69, 9.17) is 0 Å². The van der Waals surface area contributed by atoms with Crippen molar-refractivity contribution in [2.75, 3.05) is 12.4 Å². The third kappa shape index (κ3) is 1.14. The maximum Gasteiger partial charge on any atom is 0.162 e. The van der Waals surface area contributed by atoms with Gasteiger partial charge in [-0.05, 0) is 19.1 Å². The summed E-state index contributed by atoms with van der Waals surface area (Å²) in [5.41, 5.74) is 1.86. The molecule has 2 aromatic heterocycles. The molecule has 0 saturated carbocycles. The summed E-state index contributed by atoms with van der Waals surface area (Å²) in [7, 11) is 3.83. The molecule has 68 valence electrons. The first kappa shape index (κ1) is 8.04. The number of nitrogens with zero attached hydrogens (tertiary/aromatic N) is 3. The molecule has 4 nitrogen and oxygen atoms in total. The van der Waals surface area contributed by atoms with Crippen molar-refractivity contribution in [3.8, 4) is 0 Å². The Morgan fingerprint density at radius 1 is 1.31 bits per heavy atom. The summed E-state index contributed by atoms with van der Waals surface area (Å²) in [6, 6.07) is 3.90. The van der Waals surface area contributed by atoms with Gasteiger partial charge in [-0.1, -0.05) is 0 Å². The van der Waals surface area contributed by atoms with Crippen LogP contribution in [-0.2, 0) is 7.05 Å². The predicted molar refractivity (Wildman–Crippen MR) is 52.8 cm³/mol. The van der Waals surface area contributed by atoms with E-state index in [1.54, 1.807) is 0 Å². The standard InChI is InChI=1S/C9H12N4/c1-6-11-7-4-5-8(10-2)12-9(7)13(6)3/h4-5H,1-3H3,(H,10,12). The van der Waals surface area contributed by atoms with Crippen molar-refractivity contribution in [3.05, 3.63) is 18.0 Å². The van der Waals surface area contributed by atoms with E-state index >= 15 is 0 Å². The van der Waals surface area contributed by atoms with E-state index < -0.39 is 0 Å². The quantitative estimate of drug-likeness (QED) is 0.712. The van der Waals surface area contributed by atoms with E-state index in [9.17, 15) is 0 Å². The van der Waals surface area contributed by atoms with Crippen LogP contribution in [-0.4, -0.2) is 21.6 Å². The molecule has 2 aromatic rings. The minimum atomic E-state index is 0.871. The van der Waals surface area contributed by atoms with E-state index in [2.05, 4.69) is 15.3 Å². The topological polar surface area (TPSA) is 42.7 Å². The normalized spacial score (nSPS) is 10.7. The third-order valence-corrected chi connectivity index (χ3v) is 2.20. The van der Waals surface area contributed by atoms with Gasteiger partial charge in [0.05, 0.1) is 0 Å². The van der Waals surface area contributed by atoms with Gasteiger partial charge in [-0.2, -0.15) is 0 Å². The number of rotatable bonds is 1. The van der Waals surface area contributed by atoms with Crippen LogP contribution in [0.5, 0.6) is 0 Å². The fourth-order valence-corrected chi connectivity index (χ4v) is 1.32. The Kier molecular flexibility index (Phi) is 1.69. The van der Waals surface area contributed by atoms with Crippen LogP contribution in [0, 0.1) is 6.92 Å². The van der Waals surface area contributed by atoms with Gasteiger partial charge in [0.25, 0.3) is 0 Å². The molecule has 0 bridgehead atoms. The van der Waals surface area contributed by atoms with Crippen molar-refractivity contribution in [2.45, 2.75) is 6.92 Å². The number of fused-ring (bicyclic) bond motifs is 1. The highest BCUT2D eigenvalue weighted by Gasteiger charge is 2.04. The summed E-state index contributed by atoms with van der Waals surface area (Å²) < 4.78 is 1.98. The molecule has 0 aliphatic rings. The molecule has 0 saturated heterocycles. The van der Waals surface area contributed by atoms with Gasteiger partial charge in [0.1, 0.15) is 17.2 Å². The smallest absolute Gasteiger partial charge is 0.162 e. The summed E-state index contributed by atoms with van der Waals surface area (Å²) in [6.45, 7) is 1.97. The highest BCUT2D eigenvalue weighted by atomic mass is 15.1. The summed E-state index contributed by atoms with van der Waals surface area (Å²) in [5.74, 6) is 1.85. The minimum Gasteiger partial charge on any atom is -0.373 e. The van der Waals surface area contributed by atoms with Gasteiger partial charge in [-0.15, -0.1) is 0 Å². The molecule has 2 rings (SSSR count). The molecule has 13 heavy (non-hydrogen) atoms. The SMILES string of the molecule is CNc1ccc2nc(C)n(C)c2n1. The molecule has 0 aliphatic heterocycles. The first-order valence-electron chi connectivity index (χ1n) is 4.20. The molecule has 0 aromatic carbocycles. The zero-order valence-corrected chi connectivity index (χ0v) is 8.00. The van der Waals surface area contributed by atoms with Gasteiger partial charge in [-0.3, -0.25) is 0 Å². The lowest BCUT2D eigenvalue weighted by atomic mass is 10.4. The predicted octanol–water partition coefficient (Wildman–Crippen LogP) is 1.32. The number of aromatic nitrogens is 3. The number of anilines is 1. The van der Waals surface area contributed by atoms with Crippen LogP contribution in [0.3, 0.4) is 0 Å². The Morgan fingerprint density at radius 2 is 2.08 bits per heavy atom. The lowest BCUT2D eigenvalue weighted by Gasteiger charge is -1.99. The molecule has 2 heterocycles. The number of hydrogen-bond donors (Lipinski definition) is 1. The maximum absolute atomic E-state index is 4.40. The molecular weight excluding hydrogens is 164 g/mol. The van der Waals surface area contributed by atoms with Crippen molar-refractivity contribution < 1.29 is 0 Å². The third-order valence-electron chi connectivity index (χ3n) is 2.20. The molecule has 4 heteroatoms. The average Bonchev–Trinajstić information content (AvgIpc) is 2.43. The largest absolute Gasteiger partial charge is 0.373 e. The first-order valence-corrected chi connectivity index (χ1v) is 4.20. The van der Waals surface area contributed by atoms with E-state index in [0.717, 1.165) is 22.8 Å². The van der Waals surface area contributed by atoms with Crippen LogP contribution >= 0.6 is 0 Å². The fraction of sp³-hybridized carbons (Fsp3) is 0.333. The highest BCUT2D eigenvalue weighted by Crippen LogP contribution is 2.14. The molecule has 0 atom stereocenters. The van der Waals surface area contributed by atoms with Crippen LogP contribution in [0.15, 0.2) is 12.1 Å². The molecule has 0 spiro atoms. The number of pyridine rings is 1. The molecule has 0 amide bonds. The van der Waals surface area contributed by atoms with Crippen molar-refractivity contribution >= 4 is 17.0 Å². The van der Waals surface area contributed by atoms with Crippen molar-refractivity contribution in [1.29, 1.82) is 0 Å². The molecular formula is C9H12N4. The number of imidazole rings is 1. The van der Waals surface area contributed by atoms with Crippen LogP contribution < -0.4 is 5.32 Å². The Hall–Kier alpha value is -1.58. The Morgan fingerprint density at radius 3 is 2.77 bits per heavy atom. The van der Waals surface area contributed by atoms with Crippen molar-refractivity contribution in [2.24, 2.45) is 7.05 Å². The van der Waals surface area contributed by atoms with Gasteiger partial charge in [0.15, 0.2) is 5.65 Å². The second-order valence-corrected chi connectivity index (χ2v) is 3.01. The van der Waals surface area contributed by atoms with Crippen LogP contribution in [0.1, 0.15) is 5.82 Å². The summed E-state index contributed by atoms with van der Waals surface area (Å²) in [5, 5.41) is 3.00. The Labute approximate surface area is 76.6 Å². The monoisotopic (exact) mass is 176 g/mol. The molecule has 1 N–H and O–H groups in total. The minimum absolute atomic E-state index is 0.871. The average molecular weight is 176 g/mol. The van der Waals surface area contributed by atoms with Crippen LogP contribution in [0.2, 0.25) is 0 Å². The summed E-state index contributed by atoms with van der Waals surface area (Å²) in [6.07, 6.45) is 0. The zero-order valence-electron chi connectivity index (χ0n) is 8.00. The Balaban J connectivity index is 2.75. The fourth-order valence-electron chi connectivity index (χ4n) is 1.32. The molecule has 0 fully saturated rings. The van der Waals surface area contributed by atoms with E-state index in [1.807, 2.05) is 37.7 Å². The molecule has 0 radical (unpaired) electrons. The van der Waals surface area contributed by atoms with Crippen LogP contribution in [0.25, 0.3) is 11.2 Å². The summed E-state index contributed by atoms with van der Waals surface area (Å²) in [4.78, 5) is 8.76. The van der Waals surface area contributed by atoms with Crippen molar-refractivity contribution in [1.82, 2.24) is 14.5 Å². The summed E-state index contributed by atoms with van der Waals surface area (Å²) >= 11 is 0. The van der Waals surface area contributed by atoms with Crippen LogP contribution in [0.4, 0.5) is 5.82 Å². The van der Waals surface area contributed by atoms with Gasteiger partial charge < -0.3 is 9.88 Å². The molecule has 0 unspecified atom stereocenters. The van der Waals surface area contributed by atoms with E-state index in [-0.39, 0.29) is 0 Å². The van der Waals surface area contributed by atoms with Gasteiger partial charge >= 0.3 is 0 Å². The number of hydrogen-bond acceptors (Lipinski definition) is 3. The lowest BCUT2D eigenvalue weighted by Crippen LogP contribution is -1.95. The maximum atomic E-state index is 4.40. The highest BCUT2D eigenvalue weighted by molar-refractivity contribution is 5.73. The second-order valence-electron chi connectivity index (χ2n) is 3.01. The van der Waals surface area contributed by atoms with Crippen molar-refractivity contribution in [3.63, 3.8) is 0 Å². The lowest BCUT2D eigenvalue weighted by molar-refractivity contribution is 0.874. The van der Waals surface area contributed by atoms with Gasteiger partial charge in [0.2, 0.25) is 0 Å². The Bertz CT molecular complexity index is 444. The van der Waals surface area contributed by atoms with E-state index in [1.165, 1.54) is 0 Å². The number of nitrogens with one attached hydrogen (secondary N) is 1. The number of aryl methyl sites for hydroxylation is 2. The van der Waals surface area contributed by atoms with Gasteiger partial charge in [-0.25, -0.2) is 9.97 Å². The van der Waals surface area contributed by atoms with E-state index in [0.29, 0.717) is 0 Å². The zero-order chi connectivity index (χ0) is 9.42. The second kappa shape index (κ2) is 2.73.